The van der Waals surface area contributed by atoms with Crippen molar-refractivity contribution in [2.45, 2.75) is 44.7 Å². The number of aromatic nitrogens is 1. The van der Waals surface area contributed by atoms with E-state index in [1.807, 2.05) is 43.2 Å². The number of fused-ring (bicyclic) bond motifs is 1. The molecule has 0 aliphatic heterocycles. The monoisotopic (exact) mass is 541 g/mol. The van der Waals surface area contributed by atoms with Gasteiger partial charge in [0.15, 0.2) is 0 Å². The van der Waals surface area contributed by atoms with Crippen LogP contribution in [0, 0.1) is 11.6 Å². The summed E-state index contributed by atoms with van der Waals surface area (Å²) in [5, 5.41) is 3.26. The predicted octanol–water partition coefficient (Wildman–Crippen LogP) is 7.42. The van der Waals surface area contributed by atoms with Crippen molar-refractivity contribution in [3.63, 3.8) is 0 Å². The van der Waals surface area contributed by atoms with E-state index in [9.17, 15) is 13.6 Å². The average Bonchev–Trinajstić information content (AvgIpc) is 3.27. The second-order valence-corrected chi connectivity index (χ2v) is 10.7. The molecule has 0 spiro atoms. The molecular weight excluding hydrogens is 512 g/mol. The molecule has 1 aliphatic rings. The Morgan fingerprint density at radius 1 is 1.19 bits per heavy atom. The summed E-state index contributed by atoms with van der Waals surface area (Å²) >= 11 is 7.42. The lowest BCUT2D eigenvalue weighted by Gasteiger charge is -2.37. The van der Waals surface area contributed by atoms with Crippen LogP contribution in [0.3, 0.4) is 0 Å². The van der Waals surface area contributed by atoms with Crippen LogP contribution < -0.4 is 5.32 Å². The van der Waals surface area contributed by atoms with Gasteiger partial charge in [-0.1, -0.05) is 42.0 Å². The molecule has 4 rings (SSSR count). The summed E-state index contributed by atoms with van der Waals surface area (Å²) in [6, 6.07) is 6.34. The van der Waals surface area contributed by atoms with Gasteiger partial charge in [0.1, 0.15) is 16.5 Å². The molecule has 4 nitrogen and oxygen atoms in total. The number of carbonyl (C=O) groups is 1. The van der Waals surface area contributed by atoms with Gasteiger partial charge in [0.2, 0.25) is 0 Å². The third-order valence-corrected chi connectivity index (χ3v) is 8.49. The highest BCUT2D eigenvalue weighted by atomic mass is 35.5. The van der Waals surface area contributed by atoms with Crippen LogP contribution in [-0.2, 0) is 0 Å². The molecule has 1 saturated carbocycles. The van der Waals surface area contributed by atoms with E-state index in [-0.39, 0.29) is 31.9 Å². The number of halogens is 3. The lowest BCUT2D eigenvalue weighted by Crippen LogP contribution is -2.45. The maximum absolute atomic E-state index is 14.5. The SMILES string of the molecule is C=C/C=C(\C=C(/C)CN(C(=O)c1sc2c(F)ccc(F)c2c1Cl)C1CCC(NC)CC1)c1ccncc1. The average molecular weight is 542 g/mol. The first kappa shape index (κ1) is 27.2. The summed E-state index contributed by atoms with van der Waals surface area (Å²) < 4.78 is 29.1. The maximum atomic E-state index is 14.5. The minimum absolute atomic E-state index is 0.0100. The van der Waals surface area contributed by atoms with Gasteiger partial charge in [0, 0.05) is 31.0 Å². The van der Waals surface area contributed by atoms with E-state index < -0.39 is 11.6 Å². The normalized spacial score (nSPS) is 18.7. The summed E-state index contributed by atoms with van der Waals surface area (Å²) in [6.45, 7) is 6.17. The lowest BCUT2D eigenvalue weighted by molar-refractivity contribution is 0.0650. The van der Waals surface area contributed by atoms with E-state index in [0.29, 0.717) is 12.6 Å². The number of pyridine rings is 1. The molecule has 1 fully saturated rings. The third kappa shape index (κ3) is 6.00. The van der Waals surface area contributed by atoms with E-state index in [1.165, 1.54) is 0 Å². The number of nitrogens with one attached hydrogen (secondary N) is 1. The second kappa shape index (κ2) is 12.1. The molecule has 1 aliphatic carbocycles. The molecule has 8 heteroatoms. The van der Waals surface area contributed by atoms with Crippen LogP contribution in [0.5, 0.6) is 0 Å². The van der Waals surface area contributed by atoms with Gasteiger partial charge in [-0.25, -0.2) is 8.78 Å². The highest BCUT2D eigenvalue weighted by molar-refractivity contribution is 7.21. The number of hydrogen-bond acceptors (Lipinski definition) is 4. The molecule has 1 aromatic carbocycles. The summed E-state index contributed by atoms with van der Waals surface area (Å²) in [7, 11) is 1.95. The van der Waals surface area contributed by atoms with Gasteiger partial charge >= 0.3 is 0 Å². The van der Waals surface area contributed by atoms with Crippen LogP contribution in [0.25, 0.3) is 15.7 Å². The number of carbonyl (C=O) groups excluding carboxylic acids is 1. The van der Waals surface area contributed by atoms with Gasteiger partial charge in [-0.2, -0.15) is 0 Å². The molecule has 2 heterocycles. The number of benzene rings is 1. The molecule has 2 aromatic heterocycles. The topological polar surface area (TPSA) is 45.2 Å². The van der Waals surface area contributed by atoms with E-state index in [0.717, 1.165) is 65.9 Å². The van der Waals surface area contributed by atoms with Gasteiger partial charge in [-0.3, -0.25) is 9.78 Å². The van der Waals surface area contributed by atoms with Crippen molar-refractivity contribution in [1.29, 1.82) is 0 Å². The fourth-order valence-corrected chi connectivity index (χ4v) is 6.39. The van der Waals surface area contributed by atoms with Gasteiger partial charge in [0.05, 0.1) is 15.1 Å². The minimum Gasteiger partial charge on any atom is -0.331 e. The summed E-state index contributed by atoms with van der Waals surface area (Å²) in [4.78, 5) is 20.0. The van der Waals surface area contributed by atoms with Crippen LogP contribution in [-0.4, -0.2) is 41.5 Å². The fourth-order valence-electron chi connectivity index (χ4n) is 4.89. The molecule has 0 bridgehead atoms. The van der Waals surface area contributed by atoms with Crippen molar-refractivity contribution >= 4 is 44.5 Å². The van der Waals surface area contributed by atoms with Crippen molar-refractivity contribution in [2.24, 2.45) is 0 Å². The van der Waals surface area contributed by atoms with E-state index in [4.69, 9.17) is 11.6 Å². The van der Waals surface area contributed by atoms with E-state index >= 15 is 0 Å². The van der Waals surface area contributed by atoms with Crippen molar-refractivity contribution in [3.8, 4) is 0 Å². The van der Waals surface area contributed by atoms with Crippen molar-refractivity contribution in [1.82, 2.24) is 15.2 Å². The molecule has 3 aromatic rings. The molecule has 0 saturated heterocycles. The van der Waals surface area contributed by atoms with E-state index in [2.05, 4.69) is 16.9 Å². The van der Waals surface area contributed by atoms with Gasteiger partial charge in [-0.05, 0) is 75.1 Å². The van der Waals surface area contributed by atoms with Gasteiger partial charge in [-0.15, -0.1) is 11.3 Å². The minimum atomic E-state index is -0.634. The smallest absolute Gasteiger partial charge is 0.266 e. The number of nitrogens with zero attached hydrogens (tertiary/aromatic N) is 2. The van der Waals surface area contributed by atoms with Crippen LogP contribution in [0.4, 0.5) is 8.78 Å². The van der Waals surface area contributed by atoms with E-state index in [1.54, 1.807) is 18.5 Å². The molecule has 194 valence electrons. The first-order valence-electron chi connectivity index (χ1n) is 12.3. The highest BCUT2D eigenvalue weighted by Crippen LogP contribution is 2.40. The number of hydrogen-bond donors (Lipinski definition) is 1. The Balaban J connectivity index is 1.70. The highest BCUT2D eigenvalue weighted by Gasteiger charge is 2.32. The predicted molar refractivity (Wildman–Crippen MR) is 149 cm³/mol. The summed E-state index contributed by atoms with van der Waals surface area (Å²) in [5.41, 5.74) is 2.90. The number of amides is 1. The Kier molecular flexibility index (Phi) is 8.90. The van der Waals surface area contributed by atoms with Crippen molar-refractivity contribution in [2.75, 3.05) is 13.6 Å². The largest absolute Gasteiger partial charge is 0.331 e. The molecule has 0 radical (unpaired) electrons. The van der Waals surface area contributed by atoms with Crippen molar-refractivity contribution in [3.05, 3.63) is 94.1 Å². The molecule has 0 unspecified atom stereocenters. The Morgan fingerprint density at radius 2 is 1.86 bits per heavy atom. The van der Waals surface area contributed by atoms with Gasteiger partial charge < -0.3 is 10.2 Å². The standard InChI is InChI=1S/C29H30ClF2N3OS/c1-4-5-20(19-12-14-34-15-13-19)16-18(2)17-35(22-8-6-21(33-3)7-9-22)29(36)28-26(30)25-23(31)10-11-24(32)27(25)37-28/h4-5,10-16,21-22,33H,1,6-9,17H2,2-3H3/b18-16+,20-5+. The number of thiophene rings is 1. The first-order chi connectivity index (χ1) is 17.8. The zero-order chi connectivity index (χ0) is 26.5. The molecule has 0 atom stereocenters. The Morgan fingerprint density at radius 3 is 2.49 bits per heavy atom. The fraction of sp³-hybridized carbons (Fsp3) is 0.310. The van der Waals surface area contributed by atoms with Crippen molar-refractivity contribution < 1.29 is 13.6 Å². The van der Waals surface area contributed by atoms with Crippen LogP contribution in [0.1, 0.15) is 47.8 Å². The summed E-state index contributed by atoms with van der Waals surface area (Å²) in [5.74, 6) is -1.52. The molecule has 1 N–H and O–H groups in total. The molecular formula is C29H30ClF2N3OS. The summed E-state index contributed by atoms with van der Waals surface area (Å²) in [6.07, 6.45) is 12.7. The Bertz CT molecular complexity index is 1340. The zero-order valence-corrected chi connectivity index (χ0v) is 22.5. The lowest BCUT2D eigenvalue weighted by atomic mass is 9.89. The third-order valence-electron chi connectivity index (χ3n) is 6.82. The Labute approximate surface area is 225 Å². The molecule has 1 amide bonds. The first-order valence-corrected chi connectivity index (χ1v) is 13.5. The zero-order valence-electron chi connectivity index (χ0n) is 20.9. The van der Waals surface area contributed by atoms with Crippen LogP contribution in [0.2, 0.25) is 5.02 Å². The van der Waals surface area contributed by atoms with Crippen LogP contribution >= 0.6 is 22.9 Å². The maximum Gasteiger partial charge on any atom is 0.266 e. The number of rotatable bonds is 8. The second-order valence-electron chi connectivity index (χ2n) is 9.29. The quantitative estimate of drug-likeness (QED) is 0.302. The van der Waals surface area contributed by atoms with Gasteiger partial charge in [0.25, 0.3) is 5.91 Å². The van der Waals surface area contributed by atoms with Crippen LogP contribution in [0.15, 0.2) is 67.0 Å². The Hall–Kier alpha value is -2.87. The number of allylic oxidation sites excluding steroid dienone is 4. The molecule has 37 heavy (non-hydrogen) atoms.